The van der Waals surface area contributed by atoms with E-state index in [1.165, 1.54) is 48.5 Å². The summed E-state index contributed by atoms with van der Waals surface area (Å²) >= 11 is 0. The molecule has 3 N–H and O–H groups in total. The first-order valence-electron chi connectivity index (χ1n) is 14.1. The van der Waals surface area contributed by atoms with Crippen molar-refractivity contribution in [1.29, 1.82) is 0 Å². The second-order valence-corrected chi connectivity index (χ2v) is 10.2. The topological polar surface area (TPSA) is 235 Å². The van der Waals surface area contributed by atoms with Crippen LogP contribution in [0.1, 0.15) is 48.3 Å². The molecule has 16 heteroatoms. The van der Waals surface area contributed by atoms with E-state index in [1.54, 1.807) is 24.3 Å². The summed E-state index contributed by atoms with van der Waals surface area (Å²) in [5, 5.41) is 50.9. The van der Waals surface area contributed by atoms with Gasteiger partial charge in [-0.15, -0.1) is 0 Å². The number of nitro groups is 2. The van der Waals surface area contributed by atoms with Gasteiger partial charge in [-0.3, -0.25) is 25.5 Å². The second kappa shape index (κ2) is 14.7. The second-order valence-electron chi connectivity index (χ2n) is 10.2. The van der Waals surface area contributed by atoms with Crippen molar-refractivity contribution in [3.63, 3.8) is 0 Å². The van der Waals surface area contributed by atoms with E-state index in [9.17, 15) is 50.1 Å². The van der Waals surface area contributed by atoms with Crippen molar-refractivity contribution in [3.05, 3.63) is 157 Å². The molecular formula is C34H22N2O14. The maximum absolute atomic E-state index is 12.7. The molecule has 0 saturated heterocycles. The van der Waals surface area contributed by atoms with Gasteiger partial charge < -0.3 is 24.4 Å². The first-order valence-corrected chi connectivity index (χ1v) is 14.1. The minimum absolute atomic E-state index is 0.0178. The van der Waals surface area contributed by atoms with Crippen molar-refractivity contribution in [1.82, 2.24) is 0 Å². The molecule has 1 unspecified atom stereocenters. The van der Waals surface area contributed by atoms with E-state index in [0.717, 1.165) is 36.4 Å². The summed E-state index contributed by atoms with van der Waals surface area (Å²) < 4.78 is 17.0. The summed E-state index contributed by atoms with van der Waals surface area (Å²) in [6.07, 6.45) is -1.36. The number of carboxylic acids is 2. The van der Waals surface area contributed by atoms with Gasteiger partial charge in [0.15, 0.2) is 0 Å². The highest BCUT2D eigenvalue weighted by Gasteiger charge is 2.25. The normalized spacial score (nSPS) is 11.2. The number of ether oxygens (including phenoxy) is 3. The van der Waals surface area contributed by atoms with E-state index in [2.05, 4.69) is 4.89 Å². The molecule has 0 fully saturated rings. The Morgan fingerprint density at radius 3 is 1.60 bits per heavy atom. The Balaban J connectivity index is 1.26. The van der Waals surface area contributed by atoms with E-state index < -0.39 is 50.7 Å². The number of nitro benzene ring substituents is 2. The van der Waals surface area contributed by atoms with Crippen LogP contribution in [-0.4, -0.2) is 43.2 Å². The molecule has 0 aliphatic heterocycles. The molecule has 5 rings (SSSR count). The van der Waals surface area contributed by atoms with Gasteiger partial charge in [0, 0.05) is 35.9 Å². The van der Waals surface area contributed by atoms with Crippen molar-refractivity contribution in [3.8, 4) is 28.7 Å². The minimum atomic E-state index is -1.46. The van der Waals surface area contributed by atoms with Crippen LogP contribution in [0.4, 0.5) is 11.4 Å². The summed E-state index contributed by atoms with van der Waals surface area (Å²) in [6.45, 7) is 0. The molecule has 1 atom stereocenters. The fraction of sp³-hybridized carbons (Fsp3) is 0.0294. The lowest BCUT2D eigenvalue weighted by Crippen LogP contribution is -2.14. The molecule has 0 radical (unpaired) electrons. The predicted molar refractivity (Wildman–Crippen MR) is 170 cm³/mol. The van der Waals surface area contributed by atoms with Crippen LogP contribution in [0, 0.1) is 20.2 Å². The third-order valence-corrected chi connectivity index (χ3v) is 7.02. The molecule has 16 nitrogen and oxygen atoms in total. The van der Waals surface area contributed by atoms with Gasteiger partial charge in [-0.2, -0.15) is 0 Å². The Hall–Kier alpha value is -7.17. The van der Waals surface area contributed by atoms with E-state index >= 15 is 0 Å². The first-order chi connectivity index (χ1) is 23.9. The molecule has 50 heavy (non-hydrogen) atoms. The zero-order valence-corrected chi connectivity index (χ0v) is 25.2. The van der Waals surface area contributed by atoms with Gasteiger partial charge in [0.1, 0.15) is 34.9 Å². The highest BCUT2D eigenvalue weighted by molar-refractivity contribution is 6.03. The Bertz CT molecular complexity index is 2110. The quantitative estimate of drug-likeness (QED) is 0.0364. The summed E-state index contributed by atoms with van der Waals surface area (Å²) in [5.41, 5.74) is -1.96. The zero-order chi connectivity index (χ0) is 35.9. The number of nitrogens with zero attached hydrogens (tertiary/aromatic N) is 2. The number of carboxylic acid groups (broad SMARTS) is 2. The Morgan fingerprint density at radius 1 is 0.580 bits per heavy atom. The molecule has 0 aromatic heterocycles. The molecule has 252 valence electrons. The smallest absolute Gasteiger partial charge is 0.344 e. The van der Waals surface area contributed by atoms with Crippen LogP contribution in [0.5, 0.6) is 28.7 Å². The summed E-state index contributed by atoms with van der Waals surface area (Å²) in [4.78, 5) is 61.3. The third kappa shape index (κ3) is 7.85. The lowest BCUT2D eigenvalue weighted by Gasteiger charge is -2.17. The van der Waals surface area contributed by atoms with Crippen LogP contribution in [0.25, 0.3) is 0 Å². The lowest BCUT2D eigenvalue weighted by atomic mass is 9.96. The monoisotopic (exact) mass is 682 g/mol. The van der Waals surface area contributed by atoms with Crippen LogP contribution in [0.2, 0.25) is 0 Å². The lowest BCUT2D eigenvalue weighted by molar-refractivity contribution is -0.385. The number of carbonyl (C=O) groups is 3. The summed E-state index contributed by atoms with van der Waals surface area (Å²) in [5.74, 6) is -2.55. The van der Waals surface area contributed by atoms with Crippen molar-refractivity contribution in [2.45, 2.75) is 6.10 Å². The van der Waals surface area contributed by atoms with Crippen LogP contribution in [0.15, 0.2) is 109 Å². The van der Waals surface area contributed by atoms with Gasteiger partial charge in [0.05, 0.1) is 26.5 Å². The number of carbonyl (C=O) groups excluding carboxylic acids is 1. The number of hydrogen-bond acceptors (Lipinski definition) is 12. The number of esters is 1. The molecule has 5 aromatic carbocycles. The van der Waals surface area contributed by atoms with Crippen LogP contribution < -0.4 is 14.2 Å². The predicted octanol–water partition coefficient (Wildman–Crippen LogP) is 7.28. The molecule has 0 heterocycles. The average molecular weight is 683 g/mol. The Kier molecular flexibility index (Phi) is 10.1. The summed E-state index contributed by atoms with van der Waals surface area (Å²) in [6, 6.07) is 24.0. The highest BCUT2D eigenvalue weighted by Crippen LogP contribution is 2.34. The van der Waals surface area contributed by atoms with Gasteiger partial charge >= 0.3 is 17.9 Å². The van der Waals surface area contributed by atoms with Crippen LogP contribution in [0.3, 0.4) is 0 Å². The third-order valence-electron chi connectivity index (χ3n) is 7.02. The van der Waals surface area contributed by atoms with Crippen molar-refractivity contribution in [2.75, 3.05) is 0 Å². The molecule has 0 spiro atoms. The molecular weight excluding hydrogens is 660 g/mol. The number of non-ortho nitro benzene ring substituents is 2. The van der Waals surface area contributed by atoms with Gasteiger partial charge in [0.25, 0.3) is 11.4 Å². The molecule has 0 saturated carbocycles. The SMILES string of the molecule is O=C(O)c1ccc([N+](=O)[O-])cc1C(=O)Oc1ccc(Oc2cccc(Oc3ccc(C(OO)c4cc([N+](=O)[O-])ccc4C(=O)O)cc3)c2)cc1. The average Bonchev–Trinajstić information content (AvgIpc) is 3.09. The number of benzene rings is 5. The standard InChI is InChI=1S/C34H22N2O14/c37-32(38)27-14-6-20(35(42)43)16-29(27)31(50-46)19-4-8-22(9-5-19)47-25-2-1-3-26(18-25)48-23-10-12-24(13-11-23)49-34(41)30-17-21(36(44)45)7-15-28(30)33(39)40/h1-18,31,46H,(H,37,38)(H,39,40). The van der Waals surface area contributed by atoms with Gasteiger partial charge in [-0.1, -0.05) is 18.2 Å². The van der Waals surface area contributed by atoms with E-state index in [-0.39, 0.29) is 28.1 Å². The van der Waals surface area contributed by atoms with E-state index in [0.29, 0.717) is 23.0 Å². The Labute approximate surface area is 280 Å². The van der Waals surface area contributed by atoms with Crippen molar-refractivity contribution in [2.24, 2.45) is 0 Å². The summed E-state index contributed by atoms with van der Waals surface area (Å²) in [7, 11) is 0. The molecule has 0 bridgehead atoms. The fourth-order valence-electron chi connectivity index (χ4n) is 4.70. The molecule has 0 amide bonds. The van der Waals surface area contributed by atoms with Crippen molar-refractivity contribution < 1.29 is 58.8 Å². The molecule has 0 aliphatic carbocycles. The fourth-order valence-corrected chi connectivity index (χ4v) is 4.70. The van der Waals surface area contributed by atoms with Crippen LogP contribution >= 0.6 is 0 Å². The van der Waals surface area contributed by atoms with E-state index in [4.69, 9.17) is 14.2 Å². The molecule has 0 aliphatic rings. The highest BCUT2D eigenvalue weighted by atomic mass is 17.1. The number of aromatic carboxylic acids is 2. The number of hydrogen-bond donors (Lipinski definition) is 3. The molecule has 5 aromatic rings. The van der Waals surface area contributed by atoms with Gasteiger partial charge in [-0.25, -0.2) is 19.3 Å². The van der Waals surface area contributed by atoms with Gasteiger partial charge in [-0.05, 0) is 66.2 Å². The maximum atomic E-state index is 12.7. The van der Waals surface area contributed by atoms with Gasteiger partial charge in [0.2, 0.25) is 0 Å². The zero-order valence-electron chi connectivity index (χ0n) is 25.2. The van der Waals surface area contributed by atoms with E-state index in [1.807, 2.05) is 0 Å². The first kappa shape index (κ1) is 34.2. The Morgan fingerprint density at radius 2 is 1.08 bits per heavy atom. The largest absolute Gasteiger partial charge is 0.478 e. The number of rotatable bonds is 13. The van der Waals surface area contributed by atoms with Crippen molar-refractivity contribution >= 4 is 29.3 Å². The maximum Gasteiger partial charge on any atom is 0.344 e. The minimum Gasteiger partial charge on any atom is -0.478 e. The van der Waals surface area contributed by atoms with Crippen LogP contribution in [-0.2, 0) is 4.89 Å².